The lowest BCUT2D eigenvalue weighted by Gasteiger charge is -2.19. The number of hydrogen-bond donors (Lipinski definition) is 2. The molecule has 0 aromatic rings. The highest BCUT2D eigenvalue weighted by Crippen LogP contribution is 2.16. The van der Waals surface area contributed by atoms with E-state index in [0.29, 0.717) is 0 Å². The third kappa shape index (κ3) is 2.62. The van der Waals surface area contributed by atoms with Gasteiger partial charge in [0.2, 0.25) is 0 Å². The third-order valence-corrected chi connectivity index (χ3v) is 1.97. The standard InChI is InChI=1S/C8H13NO2/c1-6-2-4-7(5-3-6)9-8(10)11/h2,7,9H,3-5H2,1H3,(H,10,11)/t7-/m0/s1. The third-order valence-electron chi connectivity index (χ3n) is 1.97. The zero-order valence-electron chi connectivity index (χ0n) is 6.63. The molecular weight excluding hydrogens is 142 g/mol. The Labute approximate surface area is 66.1 Å². The summed E-state index contributed by atoms with van der Waals surface area (Å²) >= 11 is 0. The average molecular weight is 155 g/mol. The van der Waals surface area contributed by atoms with Gasteiger partial charge in [-0.15, -0.1) is 0 Å². The Kier molecular flexibility index (Phi) is 2.52. The highest BCUT2D eigenvalue weighted by atomic mass is 16.4. The van der Waals surface area contributed by atoms with Crippen molar-refractivity contribution in [3.8, 4) is 0 Å². The molecule has 0 aliphatic heterocycles. The number of nitrogens with one attached hydrogen (secondary N) is 1. The van der Waals surface area contributed by atoms with Gasteiger partial charge in [0.05, 0.1) is 0 Å². The van der Waals surface area contributed by atoms with Gasteiger partial charge >= 0.3 is 6.09 Å². The molecule has 0 bridgehead atoms. The van der Waals surface area contributed by atoms with Crippen molar-refractivity contribution in [2.75, 3.05) is 0 Å². The van der Waals surface area contributed by atoms with Gasteiger partial charge in [-0.3, -0.25) is 0 Å². The minimum absolute atomic E-state index is 0.135. The fourth-order valence-electron chi connectivity index (χ4n) is 1.27. The van der Waals surface area contributed by atoms with E-state index in [1.807, 2.05) is 0 Å². The first kappa shape index (κ1) is 8.11. The Morgan fingerprint density at radius 3 is 3.00 bits per heavy atom. The molecule has 0 spiro atoms. The summed E-state index contributed by atoms with van der Waals surface area (Å²) in [5, 5.41) is 10.9. The van der Waals surface area contributed by atoms with Crippen molar-refractivity contribution in [1.82, 2.24) is 5.32 Å². The van der Waals surface area contributed by atoms with Gasteiger partial charge < -0.3 is 10.4 Å². The molecule has 1 aliphatic carbocycles. The number of hydrogen-bond acceptors (Lipinski definition) is 1. The van der Waals surface area contributed by atoms with E-state index in [2.05, 4.69) is 18.3 Å². The molecular formula is C8H13NO2. The number of carbonyl (C=O) groups is 1. The van der Waals surface area contributed by atoms with E-state index in [-0.39, 0.29) is 6.04 Å². The maximum atomic E-state index is 10.2. The van der Waals surface area contributed by atoms with Crippen molar-refractivity contribution in [2.24, 2.45) is 0 Å². The van der Waals surface area contributed by atoms with Crippen LogP contribution in [0.15, 0.2) is 11.6 Å². The normalized spacial score (nSPS) is 24.1. The maximum absolute atomic E-state index is 10.2. The minimum Gasteiger partial charge on any atom is -0.465 e. The van der Waals surface area contributed by atoms with Gasteiger partial charge in [0.1, 0.15) is 0 Å². The van der Waals surface area contributed by atoms with Crippen LogP contribution < -0.4 is 5.32 Å². The largest absolute Gasteiger partial charge is 0.465 e. The summed E-state index contributed by atoms with van der Waals surface area (Å²) < 4.78 is 0. The molecule has 1 aliphatic rings. The second-order valence-electron chi connectivity index (χ2n) is 2.97. The van der Waals surface area contributed by atoms with E-state index in [1.54, 1.807) is 0 Å². The highest BCUT2D eigenvalue weighted by Gasteiger charge is 2.13. The molecule has 0 fully saturated rings. The SMILES string of the molecule is CC1=CC[C@H](NC(=O)O)CC1. The number of carboxylic acid groups (broad SMARTS) is 1. The van der Waals surface area contributed by atoms with Crippen LogP contribution in [0.4, 0.5) is 4.79 Å². The molecule has 1 amide bonds. The Morgan fingerprint density at radius 1 is 1.82 bits per heavy atom. The summed E-state index contributed by atoms with van der Waals surface area (Å²) in [6.45, 7) is 2.08. The van der Waals surface area contributed by atoms with Gasteiger partial charge in [-0.1, -0.05) is 11.6 Å². The van der Waals surface area contributed by atoms with E-state index in [1.165, 1.54) is 5.57 Å². The Morgan fingerprint density at radius 2 is 2.55 bits per heavy atom. The molecule has 11 heavy (non-hydrogen) atoms. The lowest BCUT2D eigenvalue weighted by molar-refractivity contribution is 0.189. The van der Waals surface area contributed by atoms with Gasteiger partial charge in [-0.25, -0.2) is 4.79 Å². The van der Waals surface area contributed by atoms with Crippen LogP contribution >= 0.6 is 0 Å². The number of amides is 1. The predicted octanol–water partition coefficient (Wildman–Crippen LogP) is 1.75. The van der Waals surface area contributed by atoms with Crippen LogP contribution in [-0.2, 0) is 0 Å². The molecule has 3 nitrogen and oxygen atoms in total. The second kappa shape index (κ2) is 3.42. The molecule has 3 heteroatoms. The van der Waals surface area contributed by atoms with Crippen molar-refractivity contribution in [3.63, 3.8) is 0 Å². The topological polar surface area (TPSA) is 49.3 Å². The Balaban J connectivity index is 2.35. The van der Waals surface area contributed by atoms with Gasteiger partial charge in [0.15, 0.2) is 0 Å². The predicted molar refractivity (Wildman–Crippen MR) is 42.6 cm³/mol. The Hall–Kier alpha value is -0.990. The Bertz CT molecular complexity index is 187. The first-order chi connectivity index (χ1) is 5.18. The molecule has 2 N–H and O–H groups in total. The fourth-order valence-corrected chi connectivity index (χ4v) is 1.27. The first-order valence-corrected chi connectivity index (χ1v) is 3.83. The zero-order chi connectivity index (χ0) is 8.27. The van der Waals surface area contributed by atoms with Crippen molar-refractivity contribution >= 4 is 6.09 Å². The smallest absolute Gasteiger partial charge is 0.404 e. The van der Waals surface area contributed by atoms with Crippen molar-refractivity contribution in [1.29, 1.82) is 0 Å². The van der Waals surface area contributed by atoms with Gasteiger partial charge in [0, 0.05) is 6.04 Å². The van der Waals surface area contributed by atoms with Gasteiger partial charge in [0.25, 0.3) is 0 Å². The highest BCUT2D eigenvalue weighted by molar-refractivity contribution is 5.64. The van der Waals surface area contributed by atoms with Crippen LogP contribution in [0.5, 0.6) is 0 Å². The van der Waals surface area contributed by atoms with E-state index >= 15 is 0 Å². The van der Waals surface area contributed by atoms with Crippen LogP contribution in [0.1, 0.15) is 26.2 Å². The summed E-state index contributed by atoms with van der Waals surface area (Å²) in [7, 11) is 0. The van der Waals surface area contributed by atoms with Crippen molar-refractivity contribution in [3.05, 3.63) is 11.6 Å². The maximum Gasteiger partial charge on any atom is 0.404 e. The van der Waals surface area contributed by atoms with Crippen LogP contribution in [0.25, 0.3) is 0 Å². The fraction of sp³-hybridized carbons (Fsp3) is 0.625. The van der Waals surface area contributed by atoms with Gasteiger partial charge in [-0.2, -0.15) is 0 Å². The number of allylic oxidation sites excluding steroid dienone is 1. The summed E-state index contributed by atoms with van der Waals surface area (Å²) in [6, 6.07) is 0.135. The summed E-state index contributed by atoms with van der Waals surface area (Å²) in [5.41, 5.74) is 1.37. The van der Waals surface area contributed by atoms with Crippen LogP contribution in [0.3, 0.4) is 0 Å². The molecule has 0 saturated heterocycles. The first-order valence-electron chi connectivity index (χ1n) is 3.83. The average Bonchev–Trinajstić information content (AvgIpc) is 1.93. The number of rotatable bonds is 1. The van der Waals surface area contributed by atoms with Crippen LogP contribution in [0.2, 0.25) is 0 Å². The van der Waals surface area contributed by atoms with E-state index in [9.17, 15) is 4.79 Å². The second-order valence-corrected chi connectivity index (χ2v) is 2.97. The van der Waals surface area contributed by atoms with Gasteiger partial charge in [-0.05, 0) is 26.2 Å². The lowest BCUT2D eigenvalue weighted by Crippen LogP contribution is -2.34. The van der Waals surface area contributed by atoms with Crippen LogP contribution in [-0.4, -0.2) is 17.2 Å². The molecule has 1 atom stereocenters. The van der Waals surface area contributed by atoms with Crippen molar-refractivity contribution in [2.45, 2.75) is 32.2 Å². The molecule has 1 rings (SSSR count). The molecule has 62 valence electrons. The van der Waals surface area contributed by atoms with Crippen LogP contribution in [0, 0.1) is 0 Å². The summed E-state index contributed by atoms with van der Waals surface area (Å²) in [5.74, 6) is 0. The molecule has 0 aromatic heterocycles. The quantitative estimate of drug-likeness (QED) is 0.567. The zero-order valence-corrected chi connectivity index (χ0v) is 6.63. The minimum atomic E-state index is -0.914. The summed E-state index contributed by atoms with van der Waals surface area (Å²) in [4.78, 5) is 10.2. The molecule has 0 unspecified atom stereocenters. The van der Waals surface area contributed by atoms with E-state index in [4.69, 9.17) is 5.11 Å². The molecule has 0 radical (unpaired) electrons. The van der Waals surface area contributed by atoms with E-state index in [0.717, 1.165) is 19.3 Å². The summed E-state index contributed by atoms with van der Waals surface area (Å²) in [6.07, 6.45) is 3.99. The monoisotopic (exact) mass is 155 g/mol. The molecule has 0 heterocycles. The lowest BCUT2D eigenvalue weighted by atomic mass is 9.96. The van der Waals surface area contributed by atoms with Crippen molar-refractivity contribution < 1.29 is 9.90 Å². The van der Waals surface area contributed by atoms with E-state index < -0.39 is 6.09 Å². The molecule has 0 aromatic carbocycles. The molecule has 0 saturated carbocycles.